The molecule has 0 aromatic carbocycles. The first-order chi connectivity index (χ1) is 8.66. The molecule has 6 heteroatoms. The zero-order valence-electron chi connectivity index (χ0n) is 9.63. The van der Waals surface area contributed by atoms with Gasteiger partial charge < -0.3 is 16.2 Å². The van der Waals surface area contributed by atoms with Crippen LogP contribution in [0.15, 0.2) is 28.3 Å². The van der Waals surface area contributed by atoms with Gasteiger partial charge in [0.25, 0.3) is 0 Å². The highest BCUT2D eigenvalue weighted by Gasteiger charge is 2.08. The van der Waals surface area contributed by atoms with Crippen molar-refractivity contribution in [1.82, 2.24) is 5.32 Å². The topological polar surface area (TPSA) is 75.4 Å². The Bertz CT molecular complexity index is 508. The molecule has 0 fully saturated rings. The van der Waals surface area contributed by atoms with E-state index in [-0.39, 0.29) is 0 Å². The highest BCUT2D eigenvalue weighted by Crippen LogP contribution is 2.16. The minimum absolute atomic E-state index is 0.407. The fraction of sp³-hybridized carbons (Fsp3) is 0.250. The highest BCUT2D eigenvalue weighted by atomic mass is 32.1. The van der Waals surface area contributed by atoms with Gasteiger partial charge >= 0.3 is 0 Å². The van der Waals surface area contributed by atoms with Gasteiger partial charge in [-0.2, -0.15) is 11.3 Å². The lowest BCUT2D eigenvalue weighted by molar-refractivity contribution is 0.100. The van der Waals surface area contributed by atoms with Gasteiger partial charge in [-0.25, -0.2) is 0 Å². The average molecular weight is 282 g/mol. The molecule has 18 heavy (non-hydrogen) atoms. The molecule has 0 bridgehead atoms. The van der Waals surface area contributed by atoms with E-state index in [0.717, 1.165) is 10.4 Å². The van der Waals surface area contributed by atoms with Crippen LogP contribution in [-0.2, 0) is 6.54 Å². The number of rotatable bonds is 6. The van der Waals surface area contributed by atoms with E-state index >= 15 is 0 Å². The minimum Gasteiger partial charge on any atom is -0.387 e. The van der Waals surface area contributed by atoms with Gasteiger partial charge in [0.2, 0.25) is 5.91 Å². The van der Waals surface area contributed by atoms with Crippen LogP contribution >= 0.6 is 22.7 Å². The van der Waals surface area contributed by atoms with Crippen molar-refractivity contribution in [2.75, 3.05) is 6.54 Å². The molecule has 2 rings (SSSR count). The molecule has 1 atom stereocenters. The molecule has 2 aromatic rings. The zero-order valence-corrected chi connectivity index (χ0v) is 11.3. The summed E-state index contributed by atoms with van der Waals surface area (Å²) in [4.78, 5) is 12.0. The van der Waals surface area contributed by atoms with Crippen molar-refractivity contribution in [3.8, 4) is 0 Å². The van der Waals surface area contributed by atoms with E-state index in [9.17, 15) is 9.90 Å². The van der Waals surface area contributed by atoms with Crippen LogP contribution in [0.1, 0.15) is 26.9 Å². The molecule has 1 amide bonds. The van der Waals surface area contributed by atoms with Crippen LogP contribution in [0.4, 0.5) is 0 Å². The number of carbonyl (C=O) groups is 1. The molecule has 2 aromatic heterocycles. The van der Waals surface area contributed by atoms with E-state index in [1.807, 2.05) is 16.8 Å². The van der Waals surface area contributed by atoms with Crippen LogP contribution in [-0.4, -0.2) is 17.6 Å². The first kappa shape index (κ1) is 13.2. The summed E-state index contributed by atoms with van der Waals surface area (Å²) in [6.07, 6.45) is -0.494. The lowest BCUT2D eigenvalue weighted by atomic mass is 10.2. The highest BCUT2D eigenvalue weighted by molar-refractivity contribution is 7.10. The summed E-state index contributed by atoms with van der Waals surface area (Å²) in [6, 6.07) is 3.68. The number of aliphatic hydroxyl groups excluding tert-OH is 1. The van der Waals surface area contributed by atoms with Gasteiger partial charge in [0.1, 0.15) is 0 Å². The van der Waals surface area contributed by atoms with Crippen LogP contribution in [0.2, 0.25) is 0 Å². The Morgan fingerprint density at radius 3 is 2.94 bits per heavy atom. The molecule has 0 radical (unpaired) electrons. The summed E-state index contributed by atoms with van der Waals surface area (Å²) < 4.78 is 0. The van der Waals surface area contributed by atoms with Crippen molar-refractivity contribution in [1.29, 1.82) is 0 Å². The fourth-order valence-corrected chi connectivity index (χ4v) is 3.07. The van der Waals surface area contributed by atoms with Crippen LogP contribution in [0.3, 0.4) is 0 Å². The number of hydrogen-bond donors (Lipinski definition) is 3. The molecular formula is C12H14N2O2S2. The quantitative estimate of drug-likeness (QED) is 0.755. The molecule has 0 spiro atoms. The lowest BCUT2D eigenvalue weighted by Gasteiger charge is -2.09. The van der Waals surface area contributed by atoms with Crippen LogP contribution < -0.4 is 11.1 Å². The largest absolute Gasteiger partial charge is 0.387 e. The number of hydrogen-bond acceptors (Lipinski definition) is 5. The molecule has 4 N–H and O–H groups in total. The molecule has 0 saturated carbocycles. The zero-order chi connectivity index (χ0) is 13.0. The van der Waals surface area contributed by atoms with E-state index in [1.54, 1.807) is 22.8 Å². The maximum Gasteiger partial charge on any atom is 0.249 e. The fourth-order valence-electron chi connectivity index (χ4n) is 1.52. The molecule has 0 aliphatic carbocycles. The molecule has 0 aliphatic heterocycles. The van der Waals surface area contributed by atoms with E-state index < -0.39 is 12.0 Å². The Morgan fingerprint density at radius 1 is 1.50 bits per heavy atom. The number of primary amides is 1. The van der Waals surface area contributed by atoms with Crippen molar-refractivity contribution < 1.29 is 9.90 Å². The average Bonchev–Trinajstić information content (AvgIpc) is 3.00. The molecule has 0 aliphatic rings. The third kappa shape index (κ3) is 3.39. The summed E-state index contributed by atoms with van der Waals surface area (Å²) >= 11 is 3.05. The molecule has 96 valence electrons. The Morgan fingerprint density at radius 2 is 2.33 bits per heavy atom. The predicted molar refractivity (Wildman–Crippen MR) is 73.8 cm³/mol. The van der Waals surface area contributed by atoms with E-state index in [1.165, 1.54) is 11.3 Å². The van der Waals surface area contributed by atoms with E-state index in [2.05, 4.69) is 5.32 Å². The van der Waals surface area contributed by atoms with Gasteiger partial charge in [-0.15, -0.1) is 11.3 Å². The van der Waals surface area contributed by atoms with Gasteiger partial charge in [-0.1, -0.05) is 0 Å². The van der Waals surface area contributed by atoms with Gasteiger partial charge in [-0.3, -0.25) is 4.79 Å². The Balaban J connectivity index is 1.79. The lowest BCUT2D eigenvalue weighted by Crippen LogP contribution is -2.20. The van der Waals surface area contributed by atoms with Crippen molar-refractivity contribution in [2.24, 2.45) is 5.73 Å². The van der Waals surface area contributed by atoms with Gasteiger partial charge in [0, 0.05) is 23.3 Å². The number of nitrogens with two attached hydrogens (primary N) is 1. The summed E-state index contributed by atoms with van der Waals surface area (Å²) in [7, 11) is 0. The number of carbonyl (C=O) groups excluding carboxylic acids is 1. The van der Waals surface area contributed by atoms with Crippen LogP contribution in [0.25, 0.3) is 0 Å². The predicted octanol–water partition coefficient (Wildman–Crippen LogP) is 1.73. The van der Waals surface area contributed by atoms with Gasteiger partial charge in [0.05, 0.1) is 11.7 Å². The first-order valence-electron chi connectivity index (χ1n) is 5.45. The molecule has 2 heterocycles. The van der Waals surface area contributed by atoms with Crippen molar-refractivity contribution in [3.05, 3.63) is 44.3 Å². The molecule has 0 saturated heterocycles. The molecule has 4 nitrogen and oxygen atoms in total. The Kier molecular flexibility index (Phi) is 4.48. The van der Waals surface area contributed by atoms with Crippen LogP contribution in [0.5, 0.6) is 0 Å². The van der Waals surface area contributed by atoms with E-state index in [0.29, 0.717) is 18.7 Å². The van der Waals surface area contributed by atoms with Crippen molar-refractivity contribution in [2.45, 2.75) is 12.6 Å². The number of thiophene rings is 2. The minimum atomic E-state index is -0.494. The number of aliphatic hydroxyl groups is 1. The number of nitrogens with one attached hydrogen (secondary N) is 1. The smallest absolute Gasteiger partial charge is 0.249 e. The Labute approximate surface area is 113 Å². The standard InChI is InChI=1S/C12H14N2O2S2/c13-12(16)9-3-10(18-7-9)4-14-5-11(15)8-1-2-17-6-8/h1-3,6-7,11,14-15H,4-5H2,(H2,13,16). The van der Waals surface area contributed by atoms with E-state index in [4.69, 9.17) is 5.73 Å². The Hall–Kier alpha value is -1.21. The molecular weight excluding hydrogens is 268 g/mol. The maximum atomic E-state index is 10.9. The molecule has 1 unspecified atom stereocenters. The van der Waals surface area contributed by atoms with Gasteiger partial charge in [-0.05, 0) is 28.5 Å². The third-order valence-electron chi connectivity index (χ3n) is 2.50. The number of amides is 1. The summed E-state index contributed by atoms with van der Waals surface area (Å²) in [5.41, 5.74) is 6.64. The second-order valence-electron chi connectivity index (χ2n) is 3.87. The van der Waals surface area contributed by atoms with Gasteiger partial charge in [0.15, 0.2) is 0 Å². The second-order valence-corrected chi connectivity index (χ2v) is 5.65. The third-order valence-corrected chi connectivity index (χ3v) is 4.14. The summed E-state index contributed by atoms with van der Waals surface area (Å²) in [5, 5.41) is 18.6. The summed E-state index contributed by atoms with van der Waals surface area (Å²) in [6.45, 7) is 1.11. The van der Waals surface area contributed by atoms with Crippen LogP contribution in [0, 0.1) is 0 Å². The first-order valence-corrected chi connectivity index (χ1v) is 7.27. The monoisotopic (exact) mass is 282 g/mol. The maximum absolute atomic E-state index is 10.9. The normalized spacial score (nSPS) is 12.5. The van der Waals surface area contributed by atoms with Crippen molar-refractivity contribution >= 4 is 28.6 Å². The second kappa shape index (κ2) is 6.10. The SMILES string of the molecule is NC(=O)c1csc(CNCC(O)c2ccsc2)c1. The van der Waals surface area contributed by atoms with Crippen molar-refractivity contribution in [3.63, 3.8) is 0 Å². The summed E-state index contributed by atoms with van der Waals surface area (Å²) in [5.74, 6) is -0.407.